The number of hydrogen-bond donors (Lipinski definition) is 1. The van der Waals surface area contributed by atoms with Crippen LogP contribution < -0.4 is 0 Å². The van der Waals surface area contributed by atoms with Gasteiger partial charge in [0.05, 0.1) is 6.10 Å². The van der Waals surface area contributed by atoms with Crippen molar-refractivity contribution in [3.8, 4) is 0 Å². The van der Waals surface area contributed by atoms with Crippen LogP contribution in [0.5, 0.6) is 0 Å². The standard InChI is InChI=1S/C11H21NO2/c1-5-6-7-12(8-10(4)13)11(14)9(2)3/h10,13H,2,5-8H2,1,3-4H3. The number of rotatable bonds is 6. The van der Waals surface area contributed by atoms with Gasteiger partial charge in [0.2, 0.25) is 5.91 Å². The Hall–Kier alpha value is -0.830. The summed E-state index contributed by atoms with van der Waals surface area (Å²) in [6, 6.07) is 0. The van der Waals surface area contributed by atoms with Gasteiger partial charge in [-0.25, -0.2) is 0 Å². The van der Waals surface area contributed by atoms with E-state index in [-0.39, 0.29) is 5.91 Å². The molecule has 0 spiro atoms. The molecule has 0 aliphatic rings. The van der Waals surface area contributed by atoms with Gasteiger partial charge in [0.1, 0.15) is 0 Å². The summed E-state index contributed by atoms with van der Waals surface area (Å²) >= 11 is 0. The third kappa shape index (κ3) is 5.02. The van der Waals surface area contributed by atoms with E-state index in [0.29, 0.717) is 18.7 Å². The van der Waals surface area contributed by atoms with Crippen LogP contribution in [0.15, 0.2) is 12.2 Å². The maximum Gasteiger partial charge on any atom is 0.248 e. The molecule has 0 fully saturated rings. The summed E-state index contributed by atoms with van der Waals surface area (Å²) in [7, 11) is 0. The zero-order valence-corrected chi connectivity index (χ0v) is 9.42. The Morgan fingerprint density at radius 2 is 2.14 bits per heavy atom. The van der Waals surface area contributed by atoms with E-state index in [1.165, 1.54) is 0 Å². The normalized spacial score (nSPS) is 12.3. The maximum absolute atomic E-state index is 11.6. The predicted octanol–water partition coefficient (Wildman–Crippen LogP) is 1.57. The molecule has 0 aromatic heterocycles. The van der Waals surface area contributed by atoms with Crippen LogP contribution in [-0.4, -0.2) is 35.1 Å². The first-order chi connectivity index (χ1) is 6.49. The quantitative estimate of drug-likeness (QED) is 0.660. The second kappa shape index (κ2) is 6.60. The van der Waals surface area contributed by atoms with Gasteiger partial charge in [-0.05, 0) is 20.3 Å². The fourth-order valence-electron chi connectivity index (χ4n) is 1.21. The Morgan fingerprint density at radius 1 is 1.57 bits per heavy atom. The van der Waals surface area contributed by atoms with Crippen LogP contribution in [0.3, 0.4) is 0 Å². The fraction of sp³-hybridized carbons (Fsp3) is 0.727. The summed E-state index contributed by atoms with van der Waals surface area (Å²) in [5, 5.41) is 9.23. The highest BCUT2D eigenvalue weighted by atomic mass is 16.3. The third-order valence-electron chi connectivity index (χ3n) is 1.92. The summed E-state index contributed by atoms with van der Waals surface area (Å²) in [6.07, 6.45) is 1.53. The van der Waals surface area contributed by atoms with Crippen molar-refractivity contribution in [2.75, 3.05) is 13.1 Å². The van der Waals surface area contributed by atoms with Gasteiger partial charge in [0.15, 0.2) is 0 Å². The average Bonchev–Trinajstić information content (AvgIpc) is 2.10. The topological polar surface area (TPSA) is 40.5 Å². The minimum absolute atomic E-state index is 0.0562. The van der Waals surface area contributed by atoms with Gasteiger partial charge in [-0.15, -0.1) is 0 Å². The van der Waals surface area contributed by atoms with Crippen molar-refractivity contribution in [1.82, 2.24) is 4.90 Å². The molecular formula is C11H21NO2. The molecule has 0 aromatic carbocycles. The molecule has 1 unspecified atom stereocenters. The zero-order valence-electron chi connectivity index (χ0n) is 9.42. The number of hydrogen-bond acceptors (Lipinski definition) is 2. The van der Waals surface area contributed by atoms with E-state index in [1.807, 2.05) is 0 Å². The summed E-state index contributed by atoms with van der Waals surface area (Å²) in [5.41, 5.74) is 0.529. The van der Waals surface area contributed by atoms with E-state index in [4.69, 9.17) is 0 Å². The molecule has 0 saturated carbocycles. The largest absolute Gasteiger partial charge is 0.392 e. The molecule has 0 aliphatic heterocycles. The lowest BCUT2D eigenvalue weighted by Gasteiger charge is -2.23. The molecule has 1 N–H and O–H groups in total. The predicted molar refractivity (Wildman–Crippen MR) is 58.0 cm³/mol. The Morgan fingerprint density at radius 3 is 2.50 bits per heavy atom. The van der Waals surface area contributed by atoms with Crippen LogP contribution in [0.25, 0.3) is 0 Å². The third-order valence-corrected chi connectivity index (χ3v) is 1.92. The van der Waals surface area contributed by atoms with Crippen molar-refractivity contribution in [3.05, 3.63) is 12.2 Å². The lowest BCUT2D eigenvalue weighted by atomic mass is 10.2. The van der Waals surface area contributed by atoms with E-state index in [2.05, 4.69) is 13.5 Å². The first-order valence-corrected chi connectivity index (χ1v) is 5.11. The Balaban J connectivity index is 4.23. The molecule has 0 aliphatic carbocycles. The highest BCUT2D eigenvalue weighted by Crippen LogP contribution is 2.03. The highest BCUT2D eigenvalue weighted by Gasteiger charge is 2.14. The molecule has 0 rings (SSSR count). The van der Waals surface area contributed by atoms with Crippen molar-refractivity contribution in [1.29, 1.82) is 0 Å². The minimum atomic E-state index is -0.477. The van der Waals surface area contributed by atoms with Gasteiger partial charge in [-0.1, -0.05) is 19.9 Å². The number of carbonyl (C=O) groups is 1. The first-order valence-electron chi connectivity index (χ1n) is 5.11. The number of aliphatic hydroxyl groups is 1. The number of unbranched alkanes of at least 4 members (excludes halogenated alkanes) is 1. The summed E-state index contributed by atoms with van der Waals surface area (Å²) in [4.78, 5) is 13.3. The number of amides is 1. The van der Waals surface area contributed by atoms with Crippen LogP contribution in [-0.2, 0) is 4.79 Å². The molecule has 3 nitrogen and oxygen atoms in total. The Bertz CT molecular complexity index is 199. The van der Waals surface area contributed by atoms with Gasteiger partial charge < -0.3 is 10.0 Å². The van der Waals surface area contributed by atoms with Crippen LogP contribution in [0, 0.1) is 0 Å². The Kier molecular flexibility index (Phi) is 6.21. The lowest BCUT2D eigenvalue weighted by Crippen LogP contribution is -2.37. The SMILES string of the molecule is C=C(C)C(=O)N(CCCC)CC(C)O. The van der Waals surface area contributed by atoms with Gasteiger partial charge in [0, 0.05) is 18.7 Å². The van der Waals surface area contributed by atoms with Crippen molar-refractivity contribution in [3.63, 3.8) is 0 Å². The summed E-state index contributed by atoms with van der Waals surface area (Å²) < 4.78 is 0. The molecule has 0 bridgehead atoms. The molecular weight excluding hydrogens is 178 g/mol. The maximum atomic E-state index is 11.6. The second-order valence-corrected chi connectivity index (χ2v) is 3.73. The summed E-state index contributed by atoms with van der Waals surface area (Å²) in [5.74, 6) is -0.0562. The van der Waals surface area contributed by atoms with Crippen LogP contribution in [0.2, 0.25) is 0 Å². The van der Waals surface area contributed by atoms with Gasteiger partial charge >= 0.3 is 0 Å². The van der Waals surface area contributed by atoms with Crippen molar-refractivity contribution in [2.45, 2.75) is 39.7 Å². The zero-order chi connectivity index (χ0) is 11.1. The number of nitrogens with zero attached hydrogens (tertiary/aromatic N) is 1. The number of carbonyl (C=O) groups excluding carboxylic acids is 1. The van der Waals surface area contributed by atoms with Crippen molar-refractivity contribution in [2.24, 2.45) is 0 Å². The van der Waals surface area contributed by atoms with Crippen LogP contribution in [0.1, 0.15) is 33.6 Å². The van der Waals surface area contributed by atoms with Gasteiger partial charge in [0.25, 0.3) is 0 Å². The molecule has 0 saturated heterocycles. The van der Waals surface area contributed by atoms with Crippen molar-refractivity contribution >= 4 is 5.91 Å². The summed E-state index contributed by atoms with van der Waals surface area (Å²) in [6.45, 7) is 10.2. The monoisotopic (exact) mass is 199 g/mol. The molecule has 1 atom stereocenters. The molecule has 82 valence electrons. The Labute approximate surface area is 86.4 Å². The fourth-order valence-corrected chi connectivity index (χ4v) is 1.21. The molecule has 0 heterocycles. The first kappa shape index (κ1) is 13.2. The van der Waals surface area contributed by atoms with Crippen LogP contribution in [0.4, 0.5) is 0 Å². The molecule has 3 heteroatoms. The molecule has 0 aromatic rings. The van der Waals surface area contributed by atoms with Crippen LogP contribution >= 0.6 is 0 Å². The van der Waals surface area contributed by atoms with E-state index in [1.54, 1.807) is 18.7 Å². The second-order valence-electron chi connectivity index (χ2n) is 3.73. The van der Waals surface area contributed by atoms with E-state index < -0.39 is 6.10 Å². The van der Waals surface area contributed by atoms with E-state index in [0.717, 1.165) is 12.8 Å². The van der Waals surface area contributed by atoms with Gasteiger partial charge in [-0.2, -0.15) is 0 Å². The van der Waals surface area contributed by atoms with Crippen molar-refractivity contribution < 1.29 is 9.90 Å². The minimum Gasteiger partial charge on any atom is -0.392 e. The van der Waals surface area contributed by atoms with E-state index in [9.17, 15) is 9.90 Å². The number of aliphatic hydroxyl groups excluding tert-OH is 1. The average molecular weight is 199 g/mol. The molecule has 14 heavy (non-hydrogen) atoms. The lowest BCUT2D eigenvalue weighted by molar-refractivity contribution is -0.128. The van der Waals surface area contributed by atoms with E-state index >= 15 is 0 Å². The molecule has 0 radical (unpaired) electrons. The highest BCUT2D eigenvalue weighted by molar-refractivity contribution is 5.92. The van der Waals surface area contributed by atoms with Gasteiger partial charge in [-0.3, -0.25) is 4.79 Å². The molecule has 1 amide bonds. The smallest absolute Gasteiger partial charge is 0.248 e.